The van der Waals surface area contributed by atoms with E-state index < -0.39 is 11.9 Å². The summed E-state index contributed by atoms with van der Waals surface area (Å²) in [5, 5.41) is 3.59. The third-order valence-corrected chi connectivity index (χ3v) is 4.49. The summed E-state index contributed by atoms with van der Waals surface area (Å²) in [6.45, 7) is -0.326. The van der Waals surface area contributed by atoms with Crippen molar-refractivity contribution < 1.29 is 23.8 Å². The number of rotatable bonds is 7. The van der Waals surface area contributed by atoms with Crippen LogP contribution in [0.5, 0.6) is 11.5 Å². The van der Waals surface area contributed by atoms with E-state index in [4.69, 9.17) is 25.8 Å². The van der Waals surface area contributed by atoms with Gasteiger partial charge in [-0.25, -0.2) is 4.98 Å². The molecule has 2 aromatic carbocycles. The molecular formula is C21H19ClN2O5. The molecule has 1 heterocycles. The molecule has 1 amide bonds. The fourth-order valence-electron chi connectivity index (χ4n) is 2.62. The molecule has 7 nitrogen and oxygen atoms in total. The van der Waals surface area contributed by atoms with E-state index in [1.807, 2.05) is 12.1 Å². The highest BCUT2D eigenvalue weighted by atomic mass is 35.5. The molecule has 0 bridgehead atoms. The third-order valence-electron chi connectivity index (χ3n) is 4.16. The van der Waals surface area contributed by atoms with Crippen LogP contribution < -0.4 is 14.8 Å². The van der Waals surface area contributed by atoms with Crippen LogP contribution in [0.15, 0.2) is 48.5 Å². The number of carbonyl (C=O) groups excluding carboxylic acids is 2. The maximum Gasteiger partial charge on any atom is 0.325 e. The Hall–Kier alpha value is -3.32. The topological polar surface area (TPSA) is 86.8 Å². The lowest BCUT2D eigenvalue weighted by Gasteiger charge is -2.09. The number of ether oxygens (including phenoxy) is 3. The zero-order valence-corrected chi connectivity index (χ0v) is 16.7. The molecule has 0 aliphatic rings. The predicted molar refractivity (Wildman–Crippen MR) is 108 cm³/mol. The Kier molecular flexibility index (Phi) is 6.51. The molecule has 0 unspecified atom stereocenters. The molecule has 0 radical (unpaired) electrons. The number of benzene rings is 2. The van der Waals surface area contributed by atoms with Crippen LogP contribution in [0.3, 0.4) is 0 Å². The van der Waals surface area contributed by atoms with Gasteiger partial charge in [-0.2, -0.15) is 0 Å². The number of halogens is 1. The van der Waals surface area contributed by atoms with E-state index in [2.05, 4.69) is 10.3 Å². The van der Waals surface area contributed by atoms with E-state index in [1.165, 1.54) is 7.11 Å². The molecular weight excluding hydrogens is 396 g/mol. The van der Waals surface area contributed by atoms with Gasteiger partial charge in [0.1, 0.15) is 29.8 Å². The maximum atomic E-state index is 12.1. The van der Waals surface area contributed by atoms with Crippen LogP contribution in [0.4, 0.5) is 0 Å². The molecule has 3 aromatic rings. The quantitative estimate of drug-likeness (QED) is 0.471. The Morgan fingerprint density at radius 2 is 1.79 bits per heavy atom. The summed E-state index contributed by atoms with van der Waals surface area (Å²) in [4.78, 5) is 28.4. The van der Waals surface area contributed by atoms with Gasteiger partial charge in [-0.3, -0.25) is 9.59 Å². The van der Waals surface area contributed by atoms with E-state index in [1.54, 1.807) is 43.5 Å². The van der Waals surface area contributed by atoms with Gasteiger partial charge in [0.05, 0.1) is 19.7 Å². The molecule has 0 saturated carbocycles. The van der Waals surface area contributed by atoms with E-state index in [0.717, 1.165) is 5.39 Å². The summed E-state index contributed by atoms with van der Waals surface area (Å²) in [7, 11) is 3.08. The lowest BCUT2D eigenvalue weighted by Crippen LogP contribution is -2.30. The molecule has 150 valence electrons. The fourth-order valence-corrected chi connectivity index (χ4v) is 2.82. The number of pyridine rings is 1. The van der Waals surface area contributed by atoms with E-state index >= 15 is 0 Å². The number of esters is 1. The SMILES string of the molecule is COc1cccc(C(=O)NCC(=O)OCc2cc3ccc(OC)cc3nc2Cl)c1. The monoisotopic (exact) mass is 414 g/mol. The van der Waals surface area contributed by atoms with Crippen molar-refractivity contribution in [3.8, 4) is 11.5 Å². The van der Waals surface area contributed by atoms with Crippen molar-refractivity contribution in [1.82, 2.24) is 10.3 Å². The van der Waals surface area contributed by atoms with Crippen molar-refractivity contribution in [2.24, 2.45) is 0 Å². The average molecular weight is 415 g/mol. The van der Waals surface area contributed by atoms with Crippen LogP contribution >= 0.6 is 11.6 Å². The second kappa shape index (κ2) is 9.25. The van der Waals surface area contributed by atoms with Gasteiger partial charge in [-0.1, -0.05) is 17.7 Å². The fraction of sp³-hybridized carbons (Fsp3) is 0.190. The minimum atomic E-state index is -0.591. The van der Waals surface area contributed by atoms with Crippen LogP contribution in [0.25, 0.3) is 10.9 Å². The molecule has 1 aromatic heterocycles. The Balaban J connectivity index is 1.57. The van der Waals surface area contributed by atoms with Crippen molar-refractivity contribution in [2.75, 3.05) is 20.8 Å². The number of fused-ring (bicyclic) bond motifs is 1. The van der Waals surface area contributed by atoms with Gasteiger partial charge in [0.2, 0.25) is 0 Å². The molecule has 0 atom stereocenters. The number of aromatic nitrogens is 1. The summed E-state index contributed by atoms with van der Waals surface area (Å²) in [6.07, 6.45) is 0. The third kappa shape index (κ3) is 5.14. The minimum absolute atomic E-state index is 0.0539. The number of hydrogen-bond acceptors (Lipinski definition) is 6. The van der Waals surface area contributed by atoms with Crippen molar-refractivity contribution >= 4 is 34.4 Å². The van der Waals surface area contributed by atoms with E-state index in [9.17, 15) is 9.59 Å². The van der Waals surface area contributed by atoms with Gasteiger partial charge in [0.15, 0.2) is 0 Å². The second-order valence-corrected chi connectivity index (χ2v) is 6.43. The highest BCUT2D eigenvalue weighted by Gasteiger charge is 2.12. The summed E-state index contributed by atoms with van der Waals surface area (Å²) < 4.78 is 15.5. The van der Waals surface area contributed by atoms with Gasteiger partial charge in [0, 0.05) is 22.6 Å². The Labute approximate surface area is 172 Å². The lowest BCUT2D eigenvalue weighted by molar-refractivity contribution is -0.143. The van der Waals surface area contributed by atoms with Gasteiger partial charge in [0.25, 0.3) is 5.91 Å². The standard InChI is InChI=1S/C21H19ClN2O5/c1-27-16-5-3-4-14(9-16)21(26)23-11-19(25)29-12-15-8-13-6-7-17(28-2)10-18(13)24-20(15)22/h3-10H,11-12H2,1-2H3,(H,23,26). The first-order chi connectivity index (χ1) is 14.0. The van der Waals surface area contributed by atoms with Crippen LogP contribution in [-0.2, 0) is 16.1 Å². The second-order valence-electron chi connectivity index (χ2n) is 6.07. The number of amides is 1. The average Bonchev–Trinajstić information content (AvgIpc) is 2.75. The zero-order valence-electron chi connectivity index (χ0n) is 15.9. The van der Waals surface area contributed by atoms with Gasteiger partial charge in [-0.05, 0) is 36.4 Å². The molecule has 8 heteroatoms. The normalized spacial score (nSPS) is 10.4. The lowest BCUT2D eigenvalue weighted by atomic mass is 10.1. The highest BCUT2D eigenvalue weighted by molar-refractivity contribution is 6.30. The van der Waals surface area contributed by atoms with Crippen LogP contribution in [0.1, 0.15) is 15.9 Å². The first kappa shape index (κ1) is 20.4. The summed E-state index contributed by atoms with van der Waals surface area (Å²) in [5.41, 5.74) is 1.63. The van der Waals surface area contributed by atoms with Crippen LogP contribution in [0.2, 0.25) is 5.15 Å². The summed E-state index contributed by atoms with van der Waals surface area (Å²) >= 11 is 6.19. The van der Waals surface area contributed by atoms with Gasteiger partial charge >= 0.3 is 5.97 Å². The van der Waals surface area contributed by atoms with Crippen molar-refractivity contribution in [2.45, 2.75) is 6.61 Å². The zero-order chi connectivity index (χ0) is 20.8. The molecule has 3 rings (SSSR count). The number of nitrogens with one attached hydrogen (secondary N) is 1. The maximum absolute atomic E-state index is 12.1. The van der Waals surface area contributed by atoms with Gasteiger partial charge in [-0.15, -0.1) is 0 Å². The minimum Gasteiger partial charge on any atom is -0.497 e. The molecule has 0 aliphatic heterocycles. The molecule has 1 N–H and O–H groups in total. The van der Waals surface area contributed by atoms with E-state index in [0.29, 0.717) is 28.1 Å². The number of nitrogens with zero attached hydrogens (tertiary/aromatic N) is 1. The largest absolute Gasteiger partial charge is 0.497 e. The highest BCUT2D eigenvalue weighted by Crippen LogP contribution is 2.24. The van der Waals surface area contributed by atoms with Crippen LogP contribution in [-0.4, -0.2) is 37.6 Å². The van der Waals surface area contributed by atoms with E-state index in [-0.39, 0.29) is 18.3 Å². The molecule has 0 saturated heterocycles. The molecule has 0 fully saturated rings. The van der Waals surface area contributed by atoms with Crippen LogP contribution in [0, 0.1) is 0 Å². The summed E-state index contributed by atoms with van der Waals surface area (Å²) in [5.74, 6) is 0.232. The Bertz CT molecular complexity index is 1050. The molecule has 29 heavy (non-hydrogen) atoms. The first-order valence-electron chi connectivity index (χ1n) is 8.71. The Morgan fingerprint density at radius 1 is 1.03 bits per heavy atom. The van der Waals surface area contributed by atoms with Crippen molar-refractivity contribution in [1.29, 1.82) is 0 Å². The first-order valence-corrected chi connectivity index (χ1v) is 9.09. The number of methoxy groups -OCH3 is 2. The number of carbonyl (C=O) groups is 2. The smallest absolute Gasteiger partial charge is 0.325 e. The predicted octanol–water partition coefficient (Wildman–Crippen LogP) is 3.38. The summed E-state index contributed by atoms with van der Waals surface area (Å²) in [6, 6.07) is 13.8. The molecule has 0 spiro atoms. The van der Waals surface area contributed by atoms with Gasteiger partial charge < -0.3 is 19.5 Å². The number of hydrogen-bond donors (Lipinski definition) is 1. The molecule has 0 aliphatic carbocycles. The Morgan fingerprint density at radius 3 is 2.55 bits per heavy atom. The van der Waals surface area contributed by atoms with Crippen molar-refractivity contribution in [3.63, 3.8) is 0 Å². The van der Waals surface area contributed by atoms with Crippen molar-refractivity contribution in [3.05, 3.63) is 64.8 Å².